The minimum atomic E-state index is -2.18. The van der Waals surface area contributed by atoms with Crippen LogP contribution in [0.3, 0.4) is 0 Å². The van der Waals surface area contributed by atoms with Crippen molar-refractivity contribution in [3.8, 4) is 23.0 Å². The van der Waals surface area contributed by atoms with Crippen LogP contribution >= 0.6 is 0 Å². The van der Waals surface area contributed by atoms with Crippen molar-refractivity contribution in [1.29, 1.82) is 0 Å². The maximum absolute atomic E-state index is 16.7. The van der Waals surface area contributed by atoms with Crippen LogP contribution < -0.4 is 24.7 Å². The van der Waals surface area contributed by atoms with Crippen molar-refractivity contribution < 1.29 is 38.7 Å². The summed E-state index contributed by atoms with van der Waals surface area (Å²) in [6.07, 6.45) is 1.54. The van der Waals surface area contributed by atoms with Gasteiger partial charge >= 0.3 is 0 Å². The summed E-state index contributed by atoms with van der Waals surface area (Å²) in [7, 11) is 6.10. The van der Waals surface area contributed by atoms with Crippen LogP contribution in [0.1, 0.15) is 59.1 Å². The topological polar surface area (TPSA) is 141 Å². The second-order valence-corrected chi connectivity index (χ2v) is 16.1. The molecule has 0 radical (unpaired) electrons. The van der Waals surface area contributed by atoms with Gasteiger partial charge in [-0.05, 0) is 61.1 Å². The smallest absolute Gasteiger partial charge is 0.239 e. The minimum Gasteiger partial charge on any atom is -0.496 e. The molecule has 1 saturated carbocycles. The highest BCUT2D eigenvalue weighted by Crippen LogP contribution is 2.52. The molecule has 1 aliphatic carbocycles. The van der Waals surface area contributed by atoms with Gasteiger partial charge in [-0.15, -0.1) is 0 Å². The first-order valence-electron chi connectivity index (χ1n) is 21.3. The molecule has 6 aromatic rings. The van der Waals surface area contributed by atoms with Crippen LogP contribution in [-0.4, -0.2) is 67.5 Å². The van der Waals surface area contributed by atoms with Gasteiger partial charge < -0.3 is 39.8 Å². The molecule has 7 rings (SSSR count). The second kappa shape index (κ2) is 19.2. The van der Waals surface area contributed by atoms with Crippen molar-refractivity contribution in [3.63, 3.8) is 0 Å². The van der Waals surface area contributed by atoms with Crippen molar-refractivity contribution in [1.82, 2.24) is 4.90 Å². The molecular weight excluding hydrogens is 793 g/mol. The number of para-hydroxylation sites is 4. The van der Waals surface area contributed by atoms with Crippen molar-refractivity contribution in [2.24, 2.45) is 11.1 Å². The highest BCUT2D eigenvalue weighted by atomic mass is 16.5. The summed E-state index contributed by atoms with van der Waals surface area (Å²) in [4.78, 5) is 32.4. The molecule has 0 unspecified atom stereocenters. The lowest BCUT2D eigenvalue weighted by Gasteiger charge is -2.53. The molecule has 326 valence electrons. The van der Waals surface area contributed by atoms with Gasteiger partial charge in [-0.1, -0.05) is 146 Å². The number of amides is 2. The number of ether oxygens (including phenoxy) is 4. The van der Waals surface area contributed by atoms with Gasteiger partial charge in [0.25, 0.3) is 0 Å². The number of aliphatic hydroxyl groups is 2. The van der Waals surface area contributed by atoms with Gasteiger partial charge in [0, 0.05) is 22.3 Å². The number of carbonyl (C=O) groups excluding carboxylic acids is 2. The molecule has 4 N–H and O–H groups in total. The van der Waals surface area contributed by atoms with Crippen LogP contribution in [0.15, 0.2) is 158 Å². The zero-order chi connectivity index (χ0) is 44.6. The third-order valence-electron chi connectivity index (χ3n) is 12.8. The molecule has 0 aromatic heterocycles. The Balaban J connectivity index is 1.70. The standard InChI is InChI=1S/C53H56N2O8/c1-60-43-29-15-11-25-39(43)52(58,40-26-12-16-30-44(40)61-2)47(35-37-21-7-5-8-22-37)55(50(57)51(49(54)56)33-19-20-34-51)48(36-38-23-9-6-10-24-38)53(59,41-27-13-17-31-45(41)62-3)42-28-14-18-32-46(42)63-4/h5-18,21-32,47-48,58-59H,19-20,33-36H2,1-4H3,(H2,54,56)/t47-,48-/m1/s1. The van der Waals surface area contributed by atoms with Gasteiger partial charge in [0.15, 0.2) is 0 Å². The Bertz CT molecular complexity index is 2240. The van der Waals surface area contributed by atoms with Gasteiger partial charge in [0.1, 0.15) is 39.6 Å². The van der Waals surface area contributed by atoms with Crippen LogP contribution in [0.2, 0.25) is 0 Å². The van der Waals surface area contributed by atoms with Crippen LogP contribution in [-0.2, 0) is 33.6 Å². The number of hydrogen-bond donors (Lipinski definition) is 3. The molecule has 0 saturated heterocycles. The molecule has 0 spiro atoms. The molecule has 6 aromatic carbocycles. The van der Waals surface area contributed by atoms with Crippen LogP contribution in [0.5, 0.6) is 23.0 Å². The van der Waals surface area contributed by atoms with E-state index in [1.54, 1.807) is 102 Å². The number of hydrogen-bond acceptors (Lipinski definition) is 8. The van der Waals surface area contributed by atoms with E-state index >= 15 is 4.79 Å². The number of benzene rings is 6. The molecule has 0 aliphatic heterocycles. The predicted octanol–water partition coefficient (Wildman–Crippen LogP) is 7.99. The van der Waals surface area contributed by atoms with Crippen LogP contribution in [0, 0.1) is 5.41 Å². The van der Waals surface area contributed by atoms with E-state index in [2.05, 4.69) is 0 Å². The Kier molecular flexibility index (Phi) is 13.5. The number of nitrogens with two attached hydrogens (primary N) is 1. The first-order chi connectivity index (χ1) is 30.6. The van der Waals surface area contributed by atoms with E-state index in [1.165, 1.54) is 28.4 Å². The number of methoxy groups -OCH3 is 4. The first-order valence-corrected chi connectivity index (χ1v) is 21.3. The summed E-state index contributed by atoms with van der Waals surface area (Å²) in [5.74, 6) is -0.0429. The lowest BCUT2D eigenvalue weighted by atomic mass is 9.70. The van der Waals surface area contributed by atoms with Crippen LogP contribution in [0.25, 0.3) is 0 Å². The zero-order valence-corrected chi connectivity index (χ0v) is 36.3. The van der Waals surface area contributed by atoms with Gasteiger partial charge in [0.2, 0.25) is 11.8 Å². The Morgan fingerprint density at radius 3 is 1.10 bits per heavy atom. The summed E-state index contributed by atoms with van der Waals surface area (Å²) >= 11 is 0. The summed E-state index contributed by atoms with van der Waals surface area (Å²) in [6, 6.07) is 45.0. The van der Waals surface area contributed by atoms with Gasteiger partial charge in [-0.3, -0.25) is 9.59 Å². The Labute approximate surface area is 369 Å². The quantitative estimate of drug-likeness (QED) is 0.0740. The van der Waals surface area contributed by atoms with E-state index in [-0.39, 0.29) is 25.7 Å². The predicted molar refractivity (Wildman–Crippen MR) is 243 cm³/mol. The van der Waals surface area contributed by atoms with E-state index in [4.69, 9.17) is 24.7 Å². The molecule has 0 heterocycles. The Morgan fingerprint density at radius 2 is 0.810 bits per heavy atom. The summed E-state index contributed by atoms with van der Waals surface area (Å²) < 4.78 is 24.2. The highest BCUT2D eigenvalue weighted by Gasteiger charge is 2.60. The van der Waals surface area contributed by atoms with Crippen molar-refractivity contribution in [3.05, 3.63) is 191 Å². The summed E-state index contributed by atoms with van der Waals surface area (Å²) in [5.41, 5.74) is 3.20. The molecule has 2 amide bonds. The highest BCUT2D eigenvalue weighted by molar-refractivity contribution is 6.05. The maximum atomic E-state index is 16.7. The van der Waals surface area contributed by atoms with Gasteiger partial charge in [-0.25, -0.2) is 0 Å². The number of rotatable bonds is 18. The molecule has 1 fully saturated rings. The normalized spacial score (nSPS) is 14.6. The number of nitrogens with zero attached hydrogens (tertiary/aromatic N) is 1. The third kappa shape index (κ3) is 8.24. The lowest BCUT2D eigenvalue weighted by Crippen LogP contribution is -2.67. The fourth-order valence-electron chi connectivity index (χ4n) is 9.71. The Morgan fingerprint density at radius 1 is 0.524 bits per heavy atom. The molecule has 10 nitrogen and oxygen atoms in total. The fraction of sp³-hybridized carbons (Fsp3) is 0.283. The lowest BCUT2D eigenvalue weighted by molar-refractivity contribution is -0.167. The molecule has 2 atom stereocenters. The van der Waals surface area contributed by atoms with E-state index in [1.807, 2.05) is 60.7 Å². The van der Waals surface area contributed by atoms with E-state index in [0.717, 1.165) is 11.1 Å². The average molecular weight is 849 g/mol. The van der Waals surface area contributed by atoms with E-state index < -0.39 is 40.5 Å². The fourth-order valence-corrected chi connectivity index (χ4v) is 9.71. The number of carbonyl (C=O) groups is 2. The molecular formula is C53H56N2O8. The molecule has 10 heteroatoms. The zero-order valence-electron chi connectivity index (χ0n) is 36.3. The van der Waals surface area contributed by atoms with Crippen LogP contribution in [0.4, 0.5) is 0 Å². The molecule has 0 bridgehead atoms. The molecule has 1 aliphatic rings. The first kappa shape index (κ1) is 44.4. The third-order valence-corrected chi connectivity index (χ3v) is 12.8. The monoisotopic (exact) mass is 848 g/mol. The van der Waals surface area contributed by atoms with Crippen molar-refractivity contribution >= 4 is 11.8 Å². The van der Waals surface area contributed by atoms with E-state index in [0.29, 0.717) is 58.1 Å². The average Bonchev–Trinajstić information content (AvgIpc) is 3.85. The van der Waals surface area contributed by atoms with E-state index in [9.17, 15) is 15.0 Å². The summed E-state index contributed by atoms with van der Waals surface area (Å²) in [6.45, 7) is 0. The van der Waals surface area contributed by atoms with Crippen molar-refractivity contribution in [2.75, 3.05) is 28.4 Å². The SMILES string of the molecule is COc1ccccc1C(O)(c1ccccc1OC)[C@@H](Cc1ccccc1)N(C(=O)C1(C(N)=O)CCCC1)[C@H](Cc1ccccc1)C(O)(c1ccccc1OC)c1ccccc1OC. The second-order valence-electron chi connectivity index (χ2n) is 16.1. The maximum Gasteiger partial charge on any atom is 0.239 e. The molecule has 63 heavy (non-hydrogen) atoms. The van der Waals surface area contributed by atoms with Crippen molar-refractivity contribution in [2.45, 2.75) is 61.8 Å². The Hall–Kier alpha value is -6.62. The van der Waals surface area contributed by atoms with Gasteiger partial charge in [0.05, 0.1) is 40.5 Å². The summed E-state index contributed by atoms with van der Waals surface area (Å²) in [5, 5.41) is 29.0. The van der Waals surface area contributed by atoms with Gasteiger partial charge in [-0.2, -0.15) is 0 Å². The minimum absolute atomic E-state index is 0.0211. The largest absolute Gasteiger partial charge is 0.496 e. The number of primary amides is 1.